The van der Waals surface area contributed by atoms with Gasteiger partial charge in [-0.1, -0.05) is 12.1 Å². The zero-order chi connectivity index (χ0) is 15.6. The lowest BCUT2D eigenvalue weighted by Crippen LogP contribution is -2.06. The lowest BCUT2D eigenvalue weighted by molar-refractivity contribution is -0.115. The number of carbonyl (C=O) groups is 1. The molecule has 0 saturated heterocycles. The number of nitrogens with zero attached hydrogens (tertiary/aromatic N) is 4. The van der Waals surface area contributed by atoms with E-state index in [-0.39, 0.29) is 5.91 Å². The lowest BCUT2D eigenvalue weighted by atomic mass is 10.1. The Morgan fingerprint density at radius 1 is 1.26 bits per heavy atom. The number of aromatic nitrogens is 4. The molecule has 1 aromatic carbocycles. The number of anilines is 2. The van der Waals surface area contributed by atoms with Gasteiger partial charge in [-0.3, -0.25) is 4.79 Å². The summed E-state index contributed by atoms with van der Waals surface area (Å²) < 4.78 is 1.68. The van der Waals surface area contributed by atoms with Crippen LogP contribution in [0.4, 0.5) is 11.6 Å². The lowest BCUT2D eigenvalue weighted by Gasteiger charge is -2.08. The van der Waals surface area contributed by atoms with Gasteiger partial charge in [-0.25, -0.2) is 9.67 Å². The van der Waals surface area contributed by atoms with Gasteiger partial charge >= 0.3 is 0 Å². The number of rotatable bonds is 4. The summed E-state index contributed by atoms with van der Waals surface area (Å²) in [6.07, 6.45) is 5.66. The molecule has 0 saturated carbocycles. The average Bonchev–Trinajstić information content (AvgIpc) is 3.21. The van der Waals surface area contributed by atoms with Crippen LogP contribution in [0.15, 0.2) is 48.9 Å². The molecule has 0 unspecified atom stereocenters. The second-order valence-corrected chi connectivity index (χ2v) is 5.26. The molecule has 7 nitrogen and oxygen atoms in total. The Kier molecular flexibility index (Phi) is 3.23. The van der Waals surface area contributed by atoms with Crippen LogP contribution in [0.25, 0.3) is 5.82 Å². The molecule has 3 aromatic rings. The summed E-state index contributed by atoms with van der Waals surface area (Å²) in [4.78, 5) is 20.0. The number of hydrogen-bond donors (Lipinski definition) is 2. The van der Waals surface area contributed by atoms with Gasteiger partial charge in [0.15, 0.2) is 5.82 Å². The van der Waals surface area contributed by atoms with E-state index in [9.17, 15) is 4.79 Å². The van der Waals surface area contributed by atoms with Crippen LogP contribution in [0.2, 0.25) is 0 Å². The molecule has 1 aliphatic rings. The minimum atomic E-state index is 0.0420. The third-order valence-electron chi connectivity index (χ3n) is 3.63. The van der Waals surface area contributed by atoms with E-state index in [1.54, 1.807) is 23.1 Å². The third-order valence-corrected chi connectivity index (χ3v) is 3.63. The number of fused-ring (bicyclic) bond motifs is 1. The van der Waals surface area contributed by atoms with E-state index >= 15 is 0 Å². The summed E-state index contributed by atoms with van der Waals surface area (Å²) in [5.74, 6) is 1.28. The molecule has 1 amide bonds. The van der Waals surface area contributed by atoms with Crippen LogP contribution in [0.3, 0.4) is 0 Å². The summed E-state index contributed by atoms with van der Waals surface area (Å²) in [6, 6.07) is 9.57. The van der Waals surface area contributed by atoms with Crippen LogP contribution in [0.5, 0.6) is 0 Å². The van der Waals surface area contributed by atoms with E-state index < -0.39 is 0 Å². The molecular formula is C16H14N6O. The van der Waals surface area contributed by atoms with Crippen LogP contribution in [-0.2, 0) is 17.8 Å². The van der Waals surface area contributed by atoms with Crippen molar-refractivity contribution in [2.75, 3.05) is 10.6 Å². The van der Waals surface area contributed by atoms with Crippen molar-refractivity contribution >= 4 is 17.5 Å². The Balaban J connectivity index is 1.48. The molecule has 3 heterocycles. The Hall–Kier alpha value is -3.22. The highest BCUT2D eigenvalue weighted by molar-refractivity contribution is 5.99. The molecule has 2 aromatic heterocycles. The quantitative estimate of drug-likeness (QED) is 0.767. The smallest absolute Gasteiger partial charge is 0.228 e. The fourth-order valence-corrected chi connectivity index (χ4v) is 2.54. The van der Waals surface area contributed by atoms with Crippen LogP contribution in [0.1, 0.15) is 11.1 Å². The first-order valence-electron chi connectivity index (χ1n) is 7.26. The van der Waals surface area contributed by atoms with Crippen LogP contribution < -0.4 is 10.6 Å². The molecule has 0 radical (unpaired) electrons. The zero-order valence-electron chi connectivity index (χ0n) is 12.2. The molecule has 2 N–H and O–H groups in total. The summed E-state index contributed by atoms with van der Waals surface area (Å²) in [5.41, 5.74) is 3.00. The Bertz CT molecular complexity index is 859. The maximum Gasteiger partial charge on any atom is 0.228 e. The van der Waals surface area contributed by atoms with E-state index in [0.29, 0.717) is 24.7 Å². The number of benzene rings is 1. The van der Waals surface area contributed by atoms with Crippen LogP contribution in [-0.4, -0.2) is 25.7 Å². The van der Waals surface area contributed by atoms with Crippen molar-refractivity contribution in [2.24, 2.45) is 0 Å². The number of amides is 1. The van der Waals surface area contributed by atoms with Crippen LogP contribution in [0, 0.1) is 0 Å². The fraction of sp³-hybridized carbons (Fsp3) is 0.125. The van der Waals surface area contributed by atoms with Gasteiger partial charge in [0.25, 0.3) is 0 Å². The van der Waals surface area contributed by atoms with Crippen molar-refractivity contribution < 1.29 is 4.79 Å². The van der Waals surface area contributed by atoms with Gasteiger partial charge in [0.1, 0.15) is 0 Å². The highest BCUT2D eigenvalue weighted by atomic mass is 16.1. The Morgan fingerprint density at radius 2 is 2.22 bits per heavy atom. The first-order chi connectivity index (χ1) is 11.3. The van der Waals surface area contributed by atoms with Crippen molar-refractivity contribution in [2.45, 2.75) is 13.0 Å². The summed E-state index contributed by atoms with van der Waals surface area (Å²) in [7, 11) is 0. The van der Waals surface area contributed by atoms with Crippen LogP contribution >= 0.6 is 0 Å². The predicted molar refractivity (Wildman–Crippen MR) is 85.3 cm³/mol. The normalized spacial score (nSPS) is 12.8. The predicted octanol–water partition coefficient (Wildman–Crippen LogP) is 1.77. The van der Waals surface area contributed by atoms with Gasteiger partial charge in [0, 0.05) is 36.9 Å². The molecule has 7 heteroatoms. The summed E-state index contributed by atoms with van der Waals surface area (Å²) in [6.45, 7) is 0.587. The molecule has 4 rings (SSSR count). The molecular weight excluding hydrogens is 292 g/mol. The van der Waals surface area contributed by atoms with Gasteiger partial charge in [0.2, 0.25) is 11.9 Å². The number of carbonyl (C=O) groups excluding carboxylic acids is 1. The summed E-state index contributed by atoms with van der Waals surface area (Å²) in [5, 5.41) is 10.2. The van der Waals surface area contributed by atoms with Crippen molar-refractivity contribution in [3.63, 3.8) is 0 Å². The van der Waals surface area contributed by atoms with Gasteiger partial charge in [-0.2, -0.15) is 10.1 Å². The van der Waals surface area contributed by atoms with Crippen molar-refractivity contribution in [3.8, 4) is 5.82 Å². The Morgan fingerprint density at radius 3 is 3.09 bits per heavy atom. The minimum Gasteiger partial charge on any atom is -0.350 e. The van der Waals surface area contributed by atoms with E-state index in [1.807, 2.05) is 30.5 Å². The van der Waals surface area contributed by atoms with E-state index in [4.69, 9.17) is 0 Å². The largest absolute Gasteiger partial charge is 0.350 e. The standard InChI is InChI=1S/C16H14N6O/c23-15-9-12-8-11(2-3-13(12)20-15)10-18-16-17-6-4-14(21-16)22-7-1-5-19-22/h1-8H,9-10H2,(H,20,23)(H,17,18,21). The molecule has 0 bridgehead atoms. The highest BCUT2D eigenvalue weighted by Gasteiger charge is 2.17. The highest BCUT2D eigenvalue weighted by Crippen LogP contribution is 2.24. The van der Waals surface area contributed by atoms with Crippen molar-refractivity contribution in [1.29, 1.82) is 0 Å². The third kappa shape index (κ3) is 2.76. The van der Waals surface area contributed by atoms with Gasteiger partial charge in [-0.15, -0.1) is 0 Å². The van der Waals surface area contributed by atoms with Gasteiger partial charge in [-0.05, 0) is 23.3 Å². The van der Waals surface area contributed by atoms with E-state index in [1.165, 1.54) is 0 Å². The SMILES string of the molecule is O=C1Cc2cc(CNc3nccc(-n4cccn4)n3)ccc2N1. The first-order valence-corrected chi connectivity index (χ1v) is 7.26. The van der Waals surface area contributed by atoms with Crippen molar-refractivity contribution in [1.82, 2.24) is 19.7 Å². The van der Waals surface area contributed by atoms with Crippen molar-refractivity contribution in [3.05, 3.63) is 60.0 Å². The topological polar surface area (TPSA) is 84.7 Å². The first kappa shape index (κ1) is 13.4. The minimum absolute atomic E-state index is 0.0420. The molecule has 0 fully saturated rings. The van der Waals surface area contributed by atoms with Gasteiger partial charge in [0.05, 0.1) is 6.42 Å². The fourth-order valence-electron chi connectivity index (χ4n) is 2.54. The number of nitrogens with one attached hydrogen (secondary N) is 2. The molecule has 0 aliphatic carbocycles. The molecule has 0 spiro atoms. The zero-order valence-corrected chi connectivity index (χ0v) is 12.2. The Labute approximate surface area is 132 Å². The molecule has 23 heavy (non-hydrogen) atoms. The second kappa shape index (κ2) is 5.53. The number of hydrogen-bond acceptors (Lipinski definition) is 5. The maximum atomic E-state index is 11.4. The molecule has 1 aliphatic heterocycles. The maximum absolute atomic E-state index is 11.4. The second-order valence-electron chi connectivity index (χ2n) is 5.26. The van der Waals surface area contributed by atoms with E-state index in [0.717, 1.165) is 16.8 Å². The molecule has 0 atom stereocenters. The summed E-state index contributed by atoms with van der Waals surface area (Å²) >= 11 is 0. The average molecular weight is 306 g/mol. The van der Waals surface area contributed by atoms with E-state index in [2.05, 4.69) is 25.7 Å². The monoisotopic (exact) mass is 306 g/mol. The van der Waals surface area contributed by atoms with Gasteiger partial charge < -0.3 is 10.6 Å². The molecule has 114 valence electrons.